The molecule has 0 aliphatic heterocycles. The first-order valence-electron chi connectivity index (χ1n) is 7.61. The highest BCUT2D eigenvalue weighted by Gasteiger charge is 2.41. The van der Waals surface area contributed by atoms with Gasteiger partial charge in [-0.1, -0.05) is 0 Å². The molecule has 5 N–H and O–H groups in total. The van der Waals surface area contributed by atoms with Gasteiger partial charge in [0.1, 0.15) is 6.10 Å². The Bertz CT molecular complexity index is 566. The number of rotatable bonds is 3. The van der Waals surface area contributed by atoms with Gasteiger partial charge in [-0.3, -0.25) is 4.98 Å². The Balaban J connectivity index is 1.59. The summed E-state index contributed by atoms with van der Waals surface area (Å²) in [6.07, 6.45) is 2.93. The lowest BCUT2D eigenvalue weighted by Crippen LogP contribution is -2.44. The molecule has 3 rings (SSSR count). The van der Waals surface area contributed by atoms with E-state index in [1.165, 1.54) is 0 Å². The van der Waals surface area contributed by atoms with Crippen LogP contribution in [0.2, 0.25) is 0 Å². The predicted octanol–water partition coefficient (Wildman–Crippen LogP) is -0.206. The molecule has 0 bridgehead atoms. The Labute approximate surface area is 128 Å². The first-order chi connectivity index (χ1) is 10.6. The summed E-state index contributed by atoms with van der Waals surface area (Å²) in [4.78, 5) is 16.3. The number of carbonyl (C=O) groups is 1. The molecule has 7 heteroatoms. The van der Waals surface area contributed by atoms with Gasteiger partial charge in [-0.25, -0.2) is 4.79 Å². The van der Waals surface area contributed by atoms with Crippen molar-refractivity contribution in [2.75, 3.05) is 11.9 Å². The molecule has 1 saturated carbocycles. The number of aliphatic hydroxyl groups is 3. The number of amides is 2. The first kappa shape index (κ1) is 15.2. The van der Waals surface area contributed by atoms with Gasteiger partial charge in [0.25, 0.3) is 0 Å². The number of pyridine rings is 1. The lowest BCUT2D eigenvalue weighted by Gasteiger charge is -2.18. The minimum atomic E-state index is -1.07. The highest BCUT2D eigenvalue weighted by Crippen LogP contribution is 2.26. The molecular weight excluding hydrogens is 286 g/mol. The van der Waals surface area contributed by atoms with Crippen LogP contribution in [0.4, 0.5) is 10.5 Å². The van der Waals surface area contributed by atoms with Crippen LogP contribution in [-0.4, -0.2) is 51.2 Å². The number of urea groups is 1. The van der Waals surface area contributed by atoms with Gasteiger partial charge >= 0.3 is 6.03 Å². The molecule has 22 heavy (non-hydrogen) atoms. The number of fused-ring (bicyclic) bond motifs is 1. The molecule has 1 heterocycles. The molecule has 120 valence electrons. The number of aliphatic hydroxyl groups excluding tert-OH is 3. The maximum absolute atomic E-state index is 12.0. The normalized spacial score (nSPS) is 30.1. The summed E-state index contributed by atoms with van der Waals surface area (Å²) in [6, 6.07) is 0.898. The van der Waals surface area contributed by atoms with Crippen molar-refractivity contribution in [3.63, 3.8) is 0 Å². The molecular formula is C15H21N3O4. The van der Waals surface area contributed by atoms with Crippen molar-refractivity contribution < 1.29 is 20.1 Å². The molecule has 1 fully saturated rings. The van der Waals surface area contributed by atoms with Crippen LogP contribution in [0.1, 0.15) is 24.1 Å². The van der Waals surface area contributed by atoms with Crippen molar-refractivity contribution in [3.8, 4) is 0 Å². The van der Waals surface area contributed by atoms with Crippen LogP contribution in [0.3, 0.4) is 0 Å². The van der Waals surface area contributed by atoms with E-state index in [1.807, 2.05) is 6.07 Å². The summed E-state index contributed by atoms with van der Waals surface area (Å²) >= 11 is 0. The molecule has 1 aromatic rings. The van der Waals surface area contributed by atoms with Gasteiger partial charge in [0.2, 0.25) is 0 Å². The van der Waals surface area contributed by atoms with E-state index in [9.17, 15) is 15.0 Å². The molecule has 0 unspecified atom stereocenters. The zero-order valence-corrected chi connectivity index (χ0v) is 12.2. The minimum absolute atomic E-state index is 0.216. The molecule has 7 nitrogen and oxygen atoms in total. The molecule has 1 aromatic heterocycles. The van der Waals surface area contributed by atoms with Crippen LogP contribution in [0, 0.1) is 5.92 Å². The van der Waals surface area contributed by atoms with Crippen LogP contribution >= 0.6 is 0 Å². The third kappa shape index (κ3) is 2.92. The number of nitrogens with one attached hydrogen (secondary N) is 2. The Morgan fingerprint density at radius 2 is 2.14 bits per heavy atom. The van der Waals surface area contributed by atoms with Gasteiger partial charge in [-0.05, 0) is 37.3 Å². The number of hydrogen-bond acceptors (Lipinski definition) is 5. The highest BCUT2D eigenvalue weighted by atomic mass is 16.3. The Hall–Kier alpha value is -1.70. The largest absolute Gasteiger partial charge is 0.396 e. The van der Waals surface area contributed by atoms with Crippen LogP contribution < -0.4 is 10.6 Å². The number of carbonyl (C=O) groups excluding carboxylic acids is 1. The van der Waals surface area contributed by atoms with Gasteiger partial charge in [0.15, 0.2) is 0 Å². The van der Waals surface area contributed by atoms with E-state index >= 15 is 0 Å². The third-order valence-corrected chi connectivity index (χ3v) is 4.53. The van der Waals surface area contributed by atoms with Crippen molar-refractivity contribution in [1.29, 1.82) is 0 Å². The maximum Gasteiger partial charge on any atom is 0.319 e. The van der Waals surface area contributed by atoms with Crippen LogP contribution in [-0.2, 0) is 12.8 Å². The summed E-state index contributed by atoms with van der Waals surface area (Å²) in [6.45, 7) is -0.216. The van der Waals surface area contributed by atoms with Gasteiger partial charge in [0.05, 0.1) is 24.0 Å². The molecule has 4 atom stereocenters. The monoisotopic (exact) mass is 307 g/mol. The second-order valence-corrected chi connectivity index (χ2v) is 6.05. The van der Waals surface area contributed by atoms with Gasteiger partial charge < -0.3 is 26.0 Å². The minimum Gasteiger partial charge on any atom is -0.396 e. The standard InChI is InChI=1S/C15H21N3O4/c19-7-9-5-12(14(21)13(9)20)18-15(22)17-10-4-8-2-1-3-11(8)16-6-10/h4,6,9,12-14,19-21H,1-3,5,7H2,(H2,17,18,22)/t9-,12-,13-,14+/m0/s1. The molecule has 2 aliphatic carbocycles. The highest BCUT2D eigenvalue weighted by molar-refractivity contribution is 5.89. The van der Waals surface area contributed by atoms with Crippen LogP contribution in [0.25, 0.3) is 0 Å². The van der Waals surface area contributed by atoms with Gasteiger partial charge in [0, 0.05) is 18.2 Å². The topological polar surface area (TPSA) is 115 Å². The summed E-state index contributed by atoms with van der Waals surface area (Å²) in [7, 11) is 0. The summed E-state index contributed by atoms with van der Waals surface area (Å²) in [5.74, 6) is -0.415. The van der Waals surface area contributed by atoms with Crippen molar-refractivity contribution in [3.05, 3.63) is 23.5 Å². The smallest absolute Gasteiger partial charge is 0.319 e. The number of aryl methyl sites for hydroxylation is 2. The van der Waals surface area contributed by atoms with Crippen LogP contribution in [0.15, 0.2) is 12.3 Å². The fourth-order valence-corrected chi connectivity index (χ4v) is 3.28. The van der Waals surface area contributed by atoms with E-state index in [0.717, 1.165) is 30.5 Å². The van der Waals surface area contributed by atoms with Crippen molar-refractivity contribution in [2.45, 2.75) is 43.9 Å². The Kier molecular flexibility index (Phi) is 4.28. The lowest BCUT2D eigenvalue weighted by molar-refractivity contribution is 0.000965. The second kappa shape index (κ2) is 6.20. The average molecular weight is 307 g/mol. The summed E-state index contributed by atoms with van der Waals surface area (Å²) in [5.41, 5.74) is 2.87. The Morgan fingerprint density at radius 1 is 1.32 bits per heavy atom. The molecule has 0 saturated heterocycles. The molecule has 0 aromatic carbocycles. The quantitative estimate of drug-likeness (QED) is 0.530. The van der Waals surface area contributed by atoms with Crippen LogP contribution in [0.5, 0.6) is 0 Å². The van der Waals surface area contributed by atoms with Crippen molar-refractivity contribution in [1.82, 2.24) is 10.3 Å². The zero-order chi connectivity index (χ0) is 15.7. The summed E-state index contributed by atoms with van der Waals surface area (Å²) in [5, 5.41) is 34.1. The third-order valence-electron chi connectivity index (χ3n) is 4.53. The SMILES string of the molecule is O=C(Nc1cnc2c(c1)CCC2)N[C@H]1C[C@@H](CO)[C@H](O)[C@@H]1O. The van der Waals surface area contributed by atoms with E-state index in [2.05, 4.69) is 15.6 Å². The first-order valence-corrected chi connectivity index (χ1v) is 7.61. The zero-order valence-electron chi connectivity index (χ0n) is 12.2. The average Bonchev–Trinajstić information content (AvgIpc) is 3.06. The van der Waals surface area contributed by atoms with E-state index in [0.29, 0.717) is 12.1 Å². The van der Waals surface area contributed by atoms with Crippen molar-refractivity contribution >= 4 is 11.7 Å². The van der Waals surface area contributed by atoms with Gasteiger partial charge in [-0.2, -0.15) is 0 Å². The number of nitrogens with zero attached hydrogens (tertiary/aromatic N) is 1. The second-order valence-electron chi connectivity index (χ2n) is 6.05. The maximum atomic E-state index is 12.0. The molecule has 0 radical (unpaired) electrons. The predicted molar refractivity (Wildman–Crippen MR) is 79.4 cm³/mol. The number of hydrogen-bond donors (Lipinski definition) is 5. The van der Waals surface area contributed by atoms with E-state index in [1.54, 1.807) is 6.20 Å². The number of anilines is 1. The fourth-order valence-electron chi connectivity index (χ4n) is 3.28. The lowest BCUT2D eigenvalue weighted by atomic mass is 10.1. The van der Waals surface area contributed by atoms with E-state index in [4.69, 9.17) is 5.11 Å². The van der Waals surface area contributed by atoms with Crippen molar-refractivity contribution in [2.24, 2.45) is 5.92 Å². The van der Waals surface area contributed by atoms with E-state index in [-0.39, 0.29) is 6.61 Å². The molecule has 2 amide bonds. The molecule has 0 spiro atoms. The molecule has 2 aliphatic rings. The van der Waals surface area contributed by atoms with Gasteiger partial charge in [-0.15, -0.1) is 0 Å². The van der Waals surface area contributed by atoms with E-state index < -0.39 is 30.2 Å². The fraction of sp³-hybridized carbons (Fsp3) is 0.600. The number of aromatic nitrogens is 1. The Morgan fingerprint density at radius 3 is 2.86 bits per heavy atom. The summed E-state index contributed by atoms with van der Waals surface area (Å²) < 4.78 is 0.